The van der Waals surface area contributed by atoms with Crippen molar-refractivity contribution < 1.29 is 46.9 Å². The maximum Gasteiger partial charge on any atom is 0.331 e. The molecular weight excluding hydrogens is 1180 g/mol. The molecule has 2 spiro atoms. The summed E-state index contributed by atoms with van der Waals surface area (Å²) < 4.78 is 54.4. The number of halogens is 2. The largest absolute Gasteiger partial charge is 0.458 e. The molecule has 2 aromatic heterocycles. The lowest BCUT2D eigenvalue weighted by Gasteiger charge is -2.53. The van der Waals surface area contributed by atoms with Crippen molar-refractivity contribution in [2.45, 2.75) is 171 Å². The minimum absolute atomic E-state index is 0.0457. The molecule has 0 bridgehead atoms. The van der Waals surface area contributed by atoms with E-state index in [1.165, 1.54) is 61.2 Å². The minimum Gasteiger partial charge on any atom is -0.458 e. The summed E-state index contributed by atoms with van der Waals surface area (Å²) in [6.45, 7) is 36.5. The van der Waals surface area contributed by atoms with E-state index in [4.69, 9.17) is 18.9 Å². The van der Waals surface area contributed by atoms with Gasteiger partial charge in [0.1, 0.15) is 48.0 Å². The molecule has 4 saturated heterocycles. The van der Waals surface area contributed by atoms with Gasteiger partial charge in [-0.25, -0.2) is 28.3 Å². The van der Waals surface area contributed by atoms with Crippen molar-refractivity contribution in [2.75, 3.05) is 102 Å². The molecule has 0 saturated carbocycles. The van der Waals surface area contributed by atoms with E-state index >= 15 is 0 Å². The van der Waals surface area contributed by atoms with Crippen LogP contribution >= 0.6 is 0 Å². The number of hydrogen-bond acceptors (Lipinski definition) is 20. The van der Waals surface area contributed by atoms with Gasteiger partial charge in [-0.3, -0.25) is 19.4 Å². The van der Waals surface area contributed by atoms with Crippen molar-refractivity contribution in [3.05, 3.63) is 84.0 Å². The van der Waals surface area contributed by atoms with Crippen molar-refractivity contribution in [2.24, 2.45) is 22.7 Å². The number of likely N-dealkylation sites (tertiary alicyclic amines) is 2. The Morgan fingerprint density at radius 2 is 0.924 bits per heavy atom. The molecule has 24 heteroatoms. The van der Waals surface area contributed by atoms with Crippen molar-refractivity contribution >= 4 is 35.4 Å². The van der Waals surface area contributed by atoms with Crippen LogP contribution in [0, 0.1) is 34.3 Å². The fraction of sp³-hybridized carbons (Fsp3) is 0.647. The molecule has 0 aliphatic carbocycles. The molecular formula is C68H100F2N14O8. The number of ether oxygens (including phenoxy) is 4. The van der Waals surface area contributed by atoms with Crippen LogP contribution in [0.2, 0.25) is 0 Å². The molecule has 4 atom stereocenters. The second-order valence-corrected chi connectivity index (χ2v) is 27.8. The molecule has 504 valence electrons. The first-order valence-corrected chi connectivity index (χ1v) is 33.0. The molecule has 0 N–H and O–H groups in total. The third-order valence-electron chi connectivity index (χ3n) is 19.1. The Morgan fingerprint density at radius 3 is 1.25 bits per heavy atom. The van der Waals surface area contributed by atoms with Gasteiger partial charge in [0.25, 0.3) is 23.6 Å². The molecule has 4 fully saturated rings. The Hall–Kier alpha value is -7.02. The predicted molar refractivity (Wildman–Crippen MR) is 349 cm³/mol. The standard InChI is InChI=1S/C68H100F2N14O8/c1-17-83(47(11)12)65(87)53-29-49(69)19-21-57(53)91-63-61(71-41-73-75-63)79-27-25-67(35-79)37-81(38-67)55(43(3)4)31-51(33-77(15)45(7)8)89-59(85)23-24-60(86)90-52(34-78(16)46(9)10)32-56(44(5)6)82-39-68(40-82)26-28-80(36-68)62-64(76-74-42-72-62)92-58-22-20-50(70)30-54(58)66(88)84(18-2)48(13)14/h19-24,29-30,41-48,51-52,55-56H,17-18,25-28,31-40H2,1-16H3/b24-23+/t51-,52-,55-,56-/m0/s1. The number of hydrogen-bond donors (Lipinski definition) is 0. The van der Waals surface area contributed by atoms with Gasteiger partial charge in [-0.15, -0.1) is 20.4 Å². The summed E-state index contributed by atoms with van der Waals surface area (Å²) in [5, 5.41) is 16.6. The van der Waals surface area contributed by atoms with E-state index in [-0.39, 0.29) is 105 Å². The van der Waals surface area contributed by atoms with Gasteiger partial charge in [0, 0.05) is 151 Å². The highest BCUT2D eigenvalue weighted by atomic mass is 19.1. The van der Waals surface area contributed by atoms with Crippen LogP contribution in [-0.4, -0.2) is 225 Å². The smallest absolute Gasteiger partial charge is 0.331 e. The molecule has 92 heavy (non-hydrogen) atoms. The first kappa shape index (κ1) is 70.8. The van der Waals surface area contributed by atoms with Crippen LogP contribution < -0.4 is 19.3 Å². The van der Waals surface area contributed by atoms with E-state index in [9.17, 15) is 28.0 Å². The van der Waals surface area contributed by atoms with Crippen LogP contribution in [0.25, 0.3) is 0 Å². The third kappa shape index (κ3) is 17.2. The van der Waals surface area contributed by atoms with E-state index in [0.29, 0.717) is 76.8 Å². The SMILES string of the molecule is CCN(C(=O)c1cc(F)ccc1Oc1nncnc1N1CCC2(C1)CN([C@@H](C[C@@H](CN(C)C(C)C)OC(=O)/C=C/C(=O)O[C@@H](C[C@@H](C(C)C)N1CC3(CCN(c4ncnnc4Oc4ccc(F)cc4C(=O)N(CC)C(C)C)C3)C1)CN(C)C(C)C)C(C)C)C2)C(C)C. The molecule has 8 rings (SSSR count). The van der Waals surface area contributed by atoms with Gasteiger partial charge < -0.3 is 48.3 Å². The van der Waals surface area contributed by atoms with Crippen LogP contribution in [0.1, 0.15) is 143 Å². The van der Waals surface area contributed by atoms with Crippen molar-refractivity contribution in [1.29, 1.82) is 0 Å². The number of carbonyl (C=O) groups is 4. The van der Waals surface area contributed by atoms with Crippen LogP contribution in [0.5, 0.6) is 23.3 Å². The van der Waals surface area contributed by atoms with Gasteiger partial charge in [-0.05, 0) is 144 Å². The van der Waals surface area contributed by atoms with Crippen LogP contribution in [0.3, 0.4) is 0 Å². The Balaban J connectivity index is 0.878. The number of nitrogens with zero attached hydrogens (tertiary/aromatic N) is 14. The van der Waals surface area contributed by atoms with Gasteiger partial charge in [-0.2, -0.15) is 0 Å². The Bertz CT molecular complexity index is 2990. The predicted octanol–water partition coefficient (Wildman–Crippen LogP) is 9.27. The Labute approximate surface area is 543 Å². The summed E-state index contributed by atoms with van der Waals surface area (Å²) in [4.78, 5) is 81.2. The zero-order chi connectivity index (χ0) is 66.9. The molecule has 0 unspecified atom stereocenters. The van der Waals surface area contributed by atoms with Crippen molar-refractivity contribution in [3.8, 4) is 23.3 Å². The molecule has 4 aliphatic heterocycles. The summed E-state index contributed by atoms with van der Waals surface area (Å²) in [6, 6.07) is 8.10. The van der Waals surface area contributed by atoms with E-state index in [2.05, 4.69) is 115 Å². The molecule has 22 nitrogen and oxygen atoms in total. The lowest BCUT2D eigenvalue weighted by Crippen LogP contribution is -2.62. The van der Waals surface area contributed by atoms with E-state index in [1.807, 2.05) is 55.6 Å². The van der Waals surface area contributed by atoms with Gasteiger partial charge >= 0.3 is 11.9 Å². The fourth-order valence-electron chi connectivity index (χ4n) is 13.6. The van der Waals surface area contributed by atoms with Gasteiger partial charge in [0.2, 0.25) is 0 Å². The minimum atomic E-state index is -0.613. The number of benzene rings is 2. The molecule has 0 radical (unpaired) electrons. The number of amides is 2. The summed E-state index contributed by atoms with van der Waals surface area (Å²) in [5.41, 5.74) is 0.0930. The monoisotopic (exact) mass is 1280 g/mol. The topological polar surface area (TPSA) is 208 Å². The zero-order valence-electron chi connectivity index (χ0n) is 57.1. The number of esters is 2. The second-order valence-electron chi connectivity index (χ2n) is 27.8. The maximum atomic E-state index is 14.6. The van der Waals surface area contributed by atoms with Crippen LogP contribution in [0.15, 0.2) is 61.2 Å². The summed E-state index contributed by atoms with van der Waals surface area (Å²) in [5.74, 6) is -0.977. The zero-order valence-corrected chi connectivity index (χ0v) is 57.1. The van der Waals surface area contributed by atoms with Crippen LogP contribution in [-0.2, 0) is 19.1 Å². The lowest BCUT2D eigenvalue weighted by atomic mass is 9.76. The van der Waals surface area contributed by atoms with E-state index in [0.717, 1.165) is 39.0 Å². The number of anilines is 2. The quantitative estimate of drug-likeness (QED) is 0.0352. The van der Waals surface area contributed by atoms with Crippen molar-refractivity contribution in [1.82, 2.24) is 59.8 Å². The number of carbonyl (C=O) groups excluding carboxylic acids is 4. The molecule has 4 aliphatic rings. The number of rotatable bonds is 30. The highest BCUT2D eigenvalue weighted by molar-refractivity contribution is 5.98. The number of likely N-dealkylation sites (N-methyl/N-ethyl adjacent to an activating group) is 2. The number of aromatic nitrogens is 6. The second kappa shape index (κ2) is 30.8. The van der Waals surface area contributed by atoms with Crippen LogP contribution in [0.4, 0.5) is 20.4 Å². The van der Waals surface area contributed by atoms with Gasteiger partial charge in [0.05, 0.1) is 11.1 Å². The molecule has 4 aromatic rings. The van der Waals surface area contributed by atoms with Crippen molar-refractivity contribution in [3.63, 3.8) is 0 Å². The average molecular weight is 1280 g/mol. The molecule has 6 heterocycles. The normalized spacial score (nSPS) is 17.8. The summed E-state index contributed by atoms with van der Waals surface area (Å²) in [6.07, 6.45) is 7.15. The molecule has 2 aromatic carbocycles. The van der Waals surface area contributed by atoms with E-state index < -0.39 is 35.8 Å². The highest BCUT2D eigenvalue weighted by Crippen LogP contribution is 2.47. The first-order valence-electron chi connectivity index (χ1n) is 33.0. The summed E-state index contributed by atoms with van der Waals surface area (Å²) in [7, 11) is 4.04. The molecule has 2 amide bonds. The lowest BCUT2D eigenvalue weighted by molar-refractivity contribution is -0.149. The highest BCUT2D eigenvalue weighted by Gasteiger charge is 2.52. The summed E-state index contributed by atoms with van der Waals surface area (Å²) >= 11 is 0. The Morgan fingerprint density at radius 1 is 0.554 bits per heavy atom. The first-order chi connectivity index (χ1) is 43.6. The van der Waals surface area contributed by atoms with Gasteiger partial charge in [0.15, 0.2) is 11.6 Å². The third-order valence-corrected chi connectivity index (χ3v) is 19.1. The Kier molecular flexibility index (Phi) is 23.7. The fourth-order valence-corrected chi connectivity index (χ4v) is 13.6. The maximum absolute atomic E-state index is 14.6. The average Bonchev–Trinajstić information content (AvgIpc) is 1.56. The van der Waals surface area contributed by atoms with E-state index in [1.54, 1.807) is 9.80 Å². The van der Waals surface area contributed by atoms with Gasteiger partial charge in [-0.1, -0.05) is 27.7 Å².